The van der Waals surface area contributed by atoms with Crippen molar-refractivity contribution in [2.75, 3.05) is 11.9 Å². The zero-order valence-corrected chi connectivity index (χ0v) is 15.7. The van der Waals surface area contributed by atoms with Crippen LogP contribution in [0.15, 0.2) is 18.2 Å². The maximum atomic E-state index is 11.2. The lowest BCUT2D eigenvalue weighted by atomic mass is 9.88. The van der Waals surface area contributed by atoms with Gasteiger partial charge in [0, 0.05) is 24.7 Å². The van der Waals surface area contributed by atoms with Gasteiger partial charge in [0.15, 0.2) is 0 Å². The van der Waals surface area contributed by atoms with Gasteiger partial charge in [0.2, 0.25) is 0 Å². The summed E-state index contributed by atoms with van der Waals surface area (Å²) in [5.41, 5.74) is 2.60. The van der Waals surface area contributed by atoms with Crippen molar-refractivity contribution in [1.29, 1.82) is 0 Å². The van der Waals surface area contributed by atoms with Crippen LogP contribution in [-0.2, 0) is 12.0 Å². The SMILES string of the molecule is CN(C(=O)O)c1ccc2c(c1)nc(C(C)(C)C)n2CC1CCCCC1. The van der Waals surface area contributed by atoms with Crippen LogP contribution in [0.1, 0.15) is 58.7 Å². The fourth-order valence-corrected chi connectivity index (χ4v) is 3.82. The summed E-state index contributed by atoms with van der Waals surface area (Å²) in [5, 5.41) is 9.21. The Morgan fingerprint density at radius 1 is 1.28 bits per heavy atom. The average molecular weight is 343 g/mol. The molecule has 5 nitrogen and oxygen atoms in total. The molecule has 5 heteroatoms. The number of rotatable bonds is 3. The highest BCUT2D eigenvalue weighted by atomic mass is 16.4. The Balaban J connectivity index is 2.04. The first-order valence-corrected chi connectivity index (χ1v) is 9.25. The van der Waals surface area contributed by atoms with Gasteiger partial charge in [-0.1, -0.05) is 40.0 Å². The molecule has 1 amide bonds. The molecule has 1 aromatic carbocycles. The standard InChI is InChI=1S/C20H29N3O2/c1-20(2,3)18-21-16-12-15(22(4)19(24)25)10-11-17(16)23(18)13-14-8-6-5-7-9-14/h10-12,14H,5-9,13H2,1-4H3,(H,24,25). The van der Waals surface area contributed by atoms with Crippen LogP contribution in [0, 0.1) is 5.92 Å². The number of carboxylic acid groups (broad SMARTS) is 1. The first kappa shape index (κ1) is 17.8. The van der Waals surface area contributed by atoms with Crippen molar-refractivity contribution in [3.63, 3.8) is 0 Å². The summed E-state index contributed by atoms with van der Waals surface area (Å²) in [6.45, 7) is 7.58. The monoisotopic (exact) mass is 343 g/mol. The van der Waals surface area contributed by atoms with Crippen molar-refractivity contribution in [3.05, 3.63) is 24.0 Å². The molecule has 1 N–H and O–H groups in total. The molecule has 0 aliphatic heterocycles. The summed E-state index contributed by atoms with van der Waals surface area (Å²) in [6.07, 6.45) is 5.65. The van der Waals surface area contributed by atoms with Crippen LogP contribution in [0.4, 0.5) is 10.5 Å². The van der Waals surface area contributed by atoms with E-state index in [1.807, 2.05) is 18.2 Å². The lowest BCUT2D eigenvalue weighted by Crippen LogP contribution is -2.23. The van der Waals surface area contributed by atoms with Gasteiger partial charge in [-0.2, -0.15) is 0 Å². The summed E-state index contributed by atoms with van der Waals surface area (Å²) < 4.78 is 2.37. The van der Waals surface area contributed by atoms with E-state index in [0.717, 1.165) is 23.4 Å². The molecule has 136 valence electrons. The Morgan fingerprint density at radius 2 is 1.96 bits per heavy atom. The highest BCUT2D eigenvalue weighted by Crippen LogP contribution is 2.32. The highest BCUT2D eigenvalue weighted by Gasteiger charge is 2.25. The minimum atomic E-state index is -0.961. The van der Waals surface area contributed by atoms with Crippen molar-refractivity contribution in [2.45, 2.75) is 64.8 Å². The van der Waals surface area contributed by atoms with Gasteiger partial charge in [0.05, 0.1) is 11.0 Å². The minimum Gasteiger partial charge on any atom is -0.465 e. The molecule has 0 unspecified atom stereocenters. The molecular formula is C20H29N3O2. The van der Waals surface area contributed by atoms with E-state index in [-0.39, 0.29) is 5.41 Å². The second-order valence-corrected chi connectivity index (χ2v) is 8.31. The topological polar surface area (TPSA) is 58.4 Å². The van der Waals surface area contributed by atoms with Crippen molar-refractivity contribution >= 4 is 22.8 Å². The number of hydrogen-bond acceptors (Lipinski definition) is 2. The molecular weight excluding hydrogens is 314 g/mol. The predicted molar refractivity (Wildman–Crippen MR) is 101 cm³/mol. The molecule has 1 aliphatic rings. The minimum absolute atomic E-state index is 0.0491. The van der Waals surface area contributed by atoms with Gasteiger partial charge in [0.25, 0.3) is 0 Å². The van der Waals surface area contributed by atoms with E-state index < -0.39 is 6.09 Å². The molecule has 1 saturated carbocycles. The molecule has 1 fully saturated rings. The maximum absolute atomic E-state index is 11.2. The van der Waals surface area contributed by atoms with Crippen molar-refractivity contribution < 1.29 is 9.90 Å². The molecule has 0 radical (unpaired) electrons. The lowest BCUT2D eigenvalue weighted by molar-refractivity contribution is 0.203. The van der Waals surface area contributed by atoms with E-state index in [1.165, 1.54) is 37.0 Å². The molecule has 0 saturated heterocycles. The molecule has 1 aliphatic carbocycles. The largest absolute Gasteiger partial charge is 0.465 e. The van der Waals surface area contributed by atoms with E-state index in [1.54, 1.807) is 7.05 Å². The Labute approximate surface area is 149 Å². The van der Waals surface area contributed by atoms with E-state index in [0.29, 0.717) is 11.6 Å². The van der Waals surface area contributed by atoms with E-state index in [4.69, 9.17) is 4.98 Å². The normalized spacial score (nSPS) is 16.3. The molecule has 0 bridgehead atoms. The van der Waals surface area contributed by atoms with Crippen LogP contribution >= 0.6 is 0 Å². The zero-order chi connectivity index (χ0) is 18.2. The molecule has 1 aromatic heterocycles. The number of aromatic nitrogens is 2. The van der Waals surface area contributed by atoms with Crippen molar-refractivity contribution in [3.8, 4) is 0 Å². The lowest BCUT2D eigenvalue weighted by Gasteiger charge is -2.26. The summed E-state index contributed by atoms with van der Waals surface area (Å²) in [6, 6.07) is 5.78. The zero-order valence-electron chi connectivity index (χ0n) is 15.7. The number of carbonyl (C=O) groups is 1. The second-order valence-electron chi connectivity index (χ2n) is 8.31. The number of imidazole rings is 1. The summed E-state index contributed by atoms with van der Waals surface area (Å²) in [4.78, 5) is 17.4. The molecule has 0 spiro atoms. The number of anilines is 1. The van der Waals surface area contributed by atoms with E-state index in [9.17, 15) is 9.90 Å². The van der Waals surface area contributed by atoms with Crippen molar-refractivity contribution in [2.24, 2.45) is 5.92 Å². The highest BCUT2D eigenvalue weighted by molar-refractivity contribution is 5.89. The molecule has 1 heterocycles. The van der Waals surface area contributed by atoms with Gasteiger partial charge in [-0.05, 0) is 37.0 Å². The molecule has 2 aromatic rings. The summed E-state index contributed by atoms with van der Waals surface area (Å²) in [5.74, 6) is 1.80. The summed E-state index contributed by atoms with van der Waals surface area (Å²) >= 11 is 0. The quantitative estimate of drug-likeness (QED) is 0.850. The third-order valence-electron chi connectivity index (χ3n) is 5.24. The Kier molecular flexibility index (Phi) is 4.76. The van der Waals surface area contributed by atoms with Gasteiger partial charge < -0.3 is 9.67 Å². The third-order valence-corrected chi connectivity index (χ3v) is 5.24. The number of amides is 1. The van der Waals surface area contributed by atoms with Gasteiger partial charge in [-0.3, -0.25) is 4.90 Å². The number of fused-ring (bicyclic) bond motifs is 1. The molecule has 0 atom stereocenters. The van der Waals surface area contributed by atoms with Crippen LogP contribution in [0.5, 0.6) is 0 Å². The smallest absolute Gasteiger partial charge is 0.411 e. The Bertz CT molecular complexity index is 767. The van der Waals surface area contributed by atoms with Crippen molar-refractivity contribution in [1.82, 2.24) is 9.55 Å². The van der Waals surface area contributed by atoms with Crippen LogP contribution in [0.2, 0.25) is 0 Å². The van der Waals surface area contributed by atoms with Crippen LogP contribution in [0.25, 0.3) is 11.0 Å². The third kappa shape index (κ3) is 3.65. The first-order valence-electron chi connectivity index (χ1n) is 9.25. The fourth-order valence-electron chi connectivity index (χ4n) is 3.82. The summed E-state index contributed by atoms with van der Waals surface area (Å²) in [7, 11) is 1.56. The number of benzene rings is 1. The Morgan fingerprint density at radius 3 is 2.56 bits per heavy atom. The van der Waals surface area contributed by atoms with Gasteiger partial charge >= 0.3 is 6.09 Å². The van der Waals surface area contributed by atoms with Gasteiger partial charge in [0.1, 0.15) is 5.82 Å². The predicted octanol–water partition coefficient (Wildman–Crippen LogP) is 5.03. The maximum Gasteiger partial charge on any atom is 0.411 e. The fraction of sp³-hybridized carbons (Fsp3) is 0.600. The van der Waals surface area contributed by atoms with Crippen LogP contribution < -0.4 is 4.90 Å². The average Bonchev–Trinajstić information content (AvgIpc) is 2.93. The van der Waals surface area contributed by atoms with Crippen LogP contribution in [-0.4, -0.2) is 27.8 Å². The molecule has 25 heavy (non-hydrogen) atoms. The molecule has 3 rings (SSSR count). The first-order chi connectivity index (χ1) is 11.8. The van der Waals surface area contributed by atoms with Gasteiger partial charge in [-0.25, -0.2) is 9.78 Å². The number of nitrogens with zero attached hydrogens (tertiary/aromatic N) is 3. The Hall–Kier alpha value is -2.04. The van der Waals surface area contributed by atoms with Gasteiger partial charge in [-0.15, -0.1) is 0 Å². The van der Waals surface area contributed by atoms with Crippen LogP contribution in [0.3, 0.4) is 0 Å². The van der Waals surface area contributed by atoms with E-state index >= 15 is 0 Å². The number of hydrogen-bond donors (Lipinski definition) is 1. The van der Waals surface area contributed by atoms with E-state index in [2.05, 4.69) is 25.3 Å². The second kappa shape index (κ2) is 6.70.